The Morgan fingerprint density at radius 2 is 1.82 bits per heavy atom. The van der Waals surface area contributed by atoms with E-state index >= 15 is 0 Å². The number of rotatable bonds is 4. The fourth-order valence-electron chi connectivity index (χ4n) is 4.89. The van der Waals surface area contributed by atoms with Crippen molar-refractivity contribution in [2.45, 2.75) is 50.6 Å². The van der Waals surface area contributed by atoms with Gasteiger partial charge in [0.15, 0.2) is 11.5 Å². The Morgan fingerprint density at radius 1 is 1.07 bits per heavy atom. The SMILES string of the molecule is COc1cc2c(cc1OC)C1CC(N)C(c3cccc(C(C)C)c3)CN1CC2. The molecule has 2 aliphatic rings. The largest absolute Gasteiger partial charge is 0.493 e. The molecule has 2 aromatic rings. The van der Waals surface area contributed by atoms with Crippen LogP contribution < -0.4 is 15.2 Å². The Morgan fingerprint density at radius 3 is 2.54 bits per heavy atom. The van der Waals surface area contributed by atoms with E-state index in [2.05, 4.69) is 55.1 Å². The molecular weight excluding hydrogens is 348 g/mol. The third-order valence-electron chi connectivity index (χ3n) is 6.56. The fourth-order valence-corrected chi connectivity index (χ4v) is 4.89. The van der Waals surface area contributed by atoms with Crippen molar-refractivity contribution in [3.63, 3.8) is 0 Å². The zero-order valence-electron chi connectivity index (χ0n) is 17.4. The van der Waals surface area contributed by atoms with Gasteiger partial charge in [-0.2, -0.15) is 0 Å². The van der Waals surface area contributed by atoms with Gasteiger partial charge in [-0.05, 0) is 53.1 Å². The van der Waals surface area contributed by atoms with E-state index in [0.717, 1.165) is 37.4 Å². The highest BCUT2D eigenvalue weighted by Gasteiger charge is 2.38. The second kappa shape index (κ2) is 7.76. The molecule has 0 bridgehead atoms. The maximum atomic E-state index is 6.75. The molecule has 2 aromatic carbocycles. The van der Waals surface area contributed by atoms with E-state index in [1.807, 2.05) is 0 Å². The van der Waals surface area contributed by atoms with Gasteiger partial charge in [-0.1, -0.05) is 38.1 Å². The Kier molecular flexibility index (Phi) is 5.35. The number of methoxy groups -OCH3 is 2. The highest BCUT2D eigenvalue weighted by atomic mass is 16.5. The Bertz CT molecular complexity index is 848. The highest BCUT2D eigenvalue weighted by Crippen LogP contribution is 2.44. The van der Waals surface area contributed by atoms with Crippen molar-refractivity contribution in [1.29, 1.82) is 0 Å². The van der Waals surface area contributed by atoms with Crippen LogP contribution in [0.2, 0.25) is 0 Å². The second-order valence-corrected chi connectivity index (χ2v) is 8.50. The number of ether oxygens (including phenoxy) is 2. The molecule has 150 valence electrons. The second-order valence-electron chi connectivity index (χ2n) is 8.50. The molecule has 0 aromatic heterocycles. The highest BCUT2D eigenvalue weighted by molar-refractivity contribution is 5.50. The monoisotopic (exact) mass is 380 g/mol. The van der Waals surface area contributed by atoms with E-state index in [1.54, 1.807) is 14.2 Å². The van der Waals surface area contributed by atoms with Gasteiger partial charge in [0.2, 0.25) is 0 Å². The first-order chi connectivity index (χ1) is 13.5. The van der Waals surface area contributed by atoms with Gasteiger partial charge in [-0.25, -0.2) is 0 Å². The number of piperidine rings is 1. The Hall–Kier alpha value is -2.04. The first-order valence-electron chi connectivity index (χ1n) is 10.4. The Balaban J connectivity index is 1.62. The van der Waals surface area contributed by atoms with E-state index < -0.39 is 0 Å². The van der Waals surface area contributed by atoms with Crippen molar-refractivity contribution in [3.8, 4) is 11.5 Å². The topological polar surface area (TPSA) is 47.7 Å². The van der Waals surface area contributed by atoms with Crippen LogP contribution in [0.5, 0.6) is 11.5 Å². The smallest absolute Gasteiger partial charge is 0.161 e. The summed E-state index contributed by atoms with van der Waals surface area (Å²) >= 11 is 0. The first-order valence-corrected chi connectivity index (χ1v) is 10.4. The van der Waals surface area contributed by atoms with Crippen LogP contribution in [-0.4, -0.2) is 38.3 Å². The standard InChI is InChI=1S/C24H32N2O2/c1-15(2)16-6-5-7-17(10-16)20-14-26-9-8-18-11-23(27-3)24(28-4)12-19(18)22(26)13-21(20)25/h5-7,10-12,15,20-22H,8-9,13-14,25H2,1-4H3. The van der Waals surface area contributed by atoms with E-state index in [0.29, 0.717) is 17.9 Å². The maximum Gasteiger partial charge on any atom is 0.161 e. The van der Waals surface area contributed by atoms with Gasteiger partial charge in [0, 0.05) is 31.1 Å². The molecule has 0 spiro atoms. The quantitative estimate of drug-likeness (QED) is 0.862. The van der Waals surface area contributed by atoms with Gasteiger partial charge in [0.05, 0.1) is 14.2 Å². The van der Waals surface area contributed by atoms with Crippen LogP contribution in [0.1, 0.15) is 60.4 Å². The lowest BCUT2D eigenvalue weighted by atomic mass is 9.78. The minimum absolute atomic E-state index is 0.155. The summed E-state index contributed by atoms with van der Waals surface area (Å²) in [5.74, 6) is 2.55. The summed E-state index contributed by atoms with van der Waals surface area (Å²) in [5.41, 5.74) is 12.2. The molecule has 1 saturated heterocycles. The van der Waals surface area contributed by atoms with Crippen molar-refractivity contribution in [1.82, 2.24) is 4.90 Å². The molecule has 2 N–H and O–H groups in total. The summed E-state index contributed by atoms with van der Waals surface area (Å²) < 4.78 is 11.1. The van der Waals surface area contributed by atoms with Gasteiger partial charge >= 0.3 is 0 Å². The summed E-state index contributed by atoms with van der Waals surface area (Å²) in [6.45, 7) is 6.58. The summed E-state index contributed by atoms with van der Waals surface area (Å²) in [6.07, 6.45) is 2.01. The van der Waals surface area contributed by atoms with Crippen molar-refractivity contribution in [2.24, 2.45) is 5.73 Å². The van der Waals surface area contributed by atoms with E-state index in [-0.39, 0.29) is 6.04 Å². The van der Waals surface area contributed by atoms with E-state index in [4.69, 9.17) is 15.2 Å². The predicted octanol–water partition coefficient (Wildman–Crippen LogP) is 4.24. The van der Waals surface area contributed by atoms with Crippen molar-refractivity contribution < 1.29 is 9.47 Å². The number of benzene rings is 2. The van der Waals surface area contributed by atoms with Gasteiger partial charge in [-0.3, -0.25) is 4.90 Å². The molecule has 4 heteroatoms. The van der Waals surface area contributed by atoms with Crippen molar-refractivity contribution >= 4 is 0 Å². The van der Waals surface area contributed by atoms with Crippen LogP contribution >= 0.6 is 0 Å². The van der Waals surface area contributed by atoms with Crippen molar-refractivity contribution in [2.75, 3.05) is 27.3 Å². The molecule has 0 amide bonds. The molecule has 0 radical (unpaired) electrons. The number of nitrogens with two attached hydrogens (primary N) is 1. The summed E-state index contributed by atoms with van der Waals surface area (Å²) in [5, 5.41) is 0. The lowest BCUT2D eigenvalue weighted by molar-refractivity contribution is 0.109. The van der Waals surface area contributed by atoms with Crippen LogP contribution in [0.4, 0.5) is 0 Å². The molecule has 2 heterocycles. The zero-order chi connectivity index (χ0) is 19.8. The molecule has 3 unspecified atom stereocenters. The fraction of sp³-hybridized carbons (Fsp3) is 0.500. The lowest BCUT2D eigenvalue weighted by Crippen LogP contribution is -2.49. The molecule has 2 aliphatic heterocycles. The lowest BCUT2D eigenvalue weighted by Gasteiger charge is -2.46. The van der Waals surface area contributed by atoms with Gasteiger partial charge in [0.25, 0.3) is 0 Å². The summed E-state index contributed by atoms with van der Waals surface area (Å²) in [6, 6.07) is 13.9. The average molecular weight is 381 g/mol. The minimum Gasteiger partial charge on any atom is -0.493 e. The van der Waals surface area contributed by atoms with Gasteiger partial charge in [0.1, 0.15) is 0 Å². The van der Waals surface area contributed by atoms with Crippen LogP contribution in [0.25, 0.3) is 0 Å². The van der Waals surface area contributed by atoms with Crippen molar-refractivity contribution in [3.05, 3.63) is 58.7 Å². The normalized spacial score (nSPS) is 24.6. The molecule has 0 saturated carbocycles. The number of nitrogens with zero attached hydrogens (tertiary/aromatic N) is 1. The molecule has 4 nitrogen and oxygen atoms in total. The maximum absolute atomic E-state index is 6.75. The van der Waals surface area contributed by atoms with Gasteiger partial charge < -0.3 is 15.2 Å². The minimum atomic E-state index is 0.155. The number of fused-ring (bicyclic) bond motifs is 3. The molecule has 3 atom stereocenters. The molecule has 1 fully saturated rings. The summed E-state index contributed by atoms with van der Waals surface area (Å²) in [4.78, 5) is 2.62. The molecule has 4 rings (SSSR count). The zero-order valence-corrected chi connectivity index (χ0v) is 17.4. The molecule has 0 aliphatic carbocycles. The van der Waals surface area contributed by atoms with E-state index in [9.17, 15) is 0 Å². The number of hydrogen-bond acceptors (Lipinski definition) is 4. The molecular formula is C24H32N2O2. The average Bonchev–Trinajstić information content (AvgIpc) is 2.72. The van der Waals surface area contributed by atoms with Crippen LogP contribution in [-0.2, 0) is 6.42 Å². The van der Waals surface area contributed by atoms with Crippen LogP contribution in [0.3, 0.4) is 0 Å². The Labute approximate surface area is 168 Å². The molecule has 28 heavy (non-hydrogen) atoms. The third-order valence-corrected chi connectivity index (χ3v) is 6.56. The first kappa shape index (κ1) is 19.3. The van der Waals surface area contributed by atoms with Crippen LogP contribution in [0, 0.1) is 0 Å². The third kappa shape index (κ3) is 3.40. The number of hydrogen-bond donors (Lipinski definition) is 1. The van der Waals surface area contributed by atoms with Crippen LogP contribution in [0.15, 0.2) is 36.4 Å². The predicted molar refractivity (Wildman–Crippen MR) is 113 cm³/mol. The summed E-state index contributed by atoms with van der Waals surface area (Å²) in [7, 11) is 3.40. The van der Waals surface area contributed by atoms with E-state index in [1.165, 1.54) is 22.3 Å². The van der Waals surface area contributed by atoms with Gasteiger partial charge in [-0.15, -0.1) is 0 Å².